The van der Waals surface area contributed by atoms with Gasteiger partial charge in [0.05, 0.1) is 16.4 Å². The van der Waals surface area contributed by atoms with Gasteiger partial charge in [0.25, 0.3) is 5.91 Å². The van der Waals surface area contributed by atoms with Gasteiger partial charge in [-0.25, -0.2) is 0 Å². The number of carbonyl (C=O) groups is 1. The summed E-state index contributed by atoms with van der Waals surface area (Å²) in [6.45, 7) is 6.03. The van der Waals surface area contributed by atoms with Crippen LogP contribution in [0.4, 0.5) is 5.69 Å². The molecule has 0 spiro atoms. The number of furan rings is 1. The topological polar surface area (TPSA) is 119 Å². The fraction of sp³-hybridized carbons (Fsp3) is 0.316. The fourth-order valence-corrected chi connectivity index (χ4v) is 3.46. The van der Waals surface area contributed by atoms with Crippen LogP contribution in [0.1, 0.15) is 47.7 Å². The van der Waals surface area contributed by atoms with E-state index in [1.54, 1.807) is 24.3 Å². The predicted octanol–water partition coefficient (Wildman–Crippen LogP) is 3.44. The molecule has 2 aromatic rings. The number of anilines is 1. The second kappa shape index (κ2) is 7.08. The summed E-state index contributed by atoms with van der Waals surface area (Å²) in [5.41, 5.74) is 13.4. The van der Waals surface area contributed by atoms with Gasteiger partial charge in [-0.15, -0.1) is 5.10 Å². The van der Waals surface area contributed by atoms with E-state index in [2.05, 4.69) is 29.4 Å². The SMILES string of the molecule is Cc1c(C(=O)Nc2ccccc2Cl)oc2c1/C(=N\N=C(N)N)CC(C)(C)C2. The highest BCUT2D eigenvalue weighted by molar-refractivity contribution is 6.33. The Morgan fingerprint density at radius 2 is 1.96 bits per heavy atom. The maximum absolute atomic E-state index is 12.8. The Morgan fingerprint density at radius 1 is 1.26 bits per heavy atom. The number of nitrogens with zero attached hydrogens (tertiary/aromatic N) is 2. The van der Waals surface area contributed by atoms with Gasteiger partial charge in [-0.2, -0.15) is 5.10 Å². The van der Waals surface area contributed by atoms with Crippen LogP contribution in [-0.2, 0) is 6.42 Å². The average molecular weight is 388 g/mol. The third-order valence-electron chi connectivity index (χ3n) is 4.41. The molecule has 1 aromatic heterocycles. The molecule has 0 fully saturated rings. The Labute approximate surface area is 162 Å². The molecular formula is C19H22ClN5O2. The van der Waals surface area contributed by atoms with Crippen LogP contribution in [0, 0.1) is 12.3 Å². The Balaban J connectivity index is 2.01. The van der Waals surface area contributed by atoms with Crippen molar-refractivity contribution in [2.75, 3.05) is 5.32 Å². The number of fused-ring (bicyclic) bond motifs is 1. The number of para-hydroxylation sites is 1. The van der Waals surface area contributed by atoms with E-state index in [1.165, 1.54) is 0 Å². The van der Waals surface area contributed by atoms with Gasteiger partial charge < -0.3 is 21.2 Å². The minimum Gasteiger partial charge on any atom is -0.455 e. The van der Waals surface area contributed by atoms with E-state index in [0.717, 1.165) is 5.56 Å². The number of rotatable bonds is 3. The molecule has 0 saturated carbocycles. The highest BCUT2D eigenvalue weighted by Crippen LogP contribution is 2.39. The van der Waals surface area contributed by atoms with Crippen molar-refractivity contribution < 1.29 is 9.21 Å². The molecule has 0 saturated heterocycles. The summed E-state index contributed by atoms with van der Waals surface area (Å²) in [6, 6.07) is 7.03. The van der Waals surface area contributed by atoms with Crippen LogP contribution in [0.5, 0.6) is 0 Å². The molecule has 1 aromatic carbocycles. The molecule has 7 nitrogen and oxygen atoms in total. The smallest absolute Gasteiger partial charge is 0.291 e. The molecule has 27 heavy (non-hydrogen) atoms. The van der Waals surface area contributed by atoms with Crippen LogP contribution in [0.25, 0.3) is 0 Å². The number of nitrogens with one attached hydrogen (secondary N) is 1. The Kier molecular flexibility index (Phi) is 4.97. The third kappa shape index (κ3) is 3.98. The van der Waals surface area contributed by atoms with Gasteiger partial charge >= 0.3 is 0 Å². The lowest BCUT2D eigenvalue weighted by Gasteiger charge is -2.29. The first-order valence-corrected chi connectivity index (χ1v) is 8.90. The zero-order valence-corrected chi connectivity index (χ0v) is 16.2. The molecule has 0 aliphatic heterocycles. The number of amides is 1. The molecule has 1 aliphatic carbocycles. The number of benzene rings is 1. The van der Waals surface area contributed by atoms with Crippen LogP contribution in [0.15, 0.2) is 38.9 Å². The van der Waals surface area contributed by atoms with E-state index in [1.807, 2.05) is 6.92 Å². The number of carbonyl (C=O) groups excluding carboxylic acids is 1. The molecule has 142 valence electrons. The van der Waals surface area contributed by atoms with Crippen LogP contribution in [-0.4, -0.2) is 17.6 Å². The van der Waals surface area contributed by atoms with Crippen molar-refractivity contribution in [1.82, 2.24) is 0 Å². The van der Waals surface area contributed by atoms with Crippen molar-refractivity contribution in [2.24, 2.45) is 27.1 Å². The van der Waals surface area contributed by atoms with E-state index < -0.39 is 0 Å². The minimum atomic E-state index is -0.367. The molecule has 5 N–H and O–H groups in total. The number of hydrogen-bond acceptors (Lipinski definition) is 4. The van der Waals surface area contributed by atoms with Crippen LogP contribution < -0.4 is 16.8 Å². The first-order valence-electron chi connectivity index (χ1n) is 8.52. The van der Waals surface area contributed by atoms with Gasteiger partial charge in [0.2, 0.25) is 5.96 Å². The summed E-state index contributed by atoms with van der Waals surface area (Å²) >= 11 is 6.13. The van der Waals surface area contributed by atoms with Crippen molar-refractivity contribution in [3.8, 4) is 0 Å². The lowest BCUT2D eigenvalue weighted by atomic mass is 9.75. The molecule has 0 bridgehead atoms. The molecule has 0 atom stereocenters. The molecule has 8 heteroatoms. The summed E-state index contributed by atoms with van der Waals surface area (Å²) in [7, 11) is 0. The van der Waals surface area contributed by atoms with Crippen molar-refractivity contribution >= 4 is 34.9 Å². The number of guanidine groups is 1. The molecular weight excluding hydrogens is 366 g/mol. The number of nitrogens with two attached hydrogens (primary N) is 2. The maximum Gasteiger partial charge on any atom is 0.291 e. The van der Waals surface area contributed by atoms with Gasteiger partial charge in [-0.1, -0.05) is 37.6 Å². The second-order valence-corrected chi connectivity index (χ2v) is 7.78. The van der Waals surface area contributed by atoms with Gasteiger partial charge in [0.15, 0.2) is 5.76 Å². The first kappa shape index (κ1) is 19.0. The van der Waals surface area contributed by atoms with Crippen LogP contribution in [0.3, 0.4) is 0 Å². The fourth-order valence-electron chi connectivity index (χ4n) is 3.28. The number of hydrogen-bond donors (Lipinski definition) is 3. The highest BCUT2D eigenvalue weighted by Gasteiger charge is 2.36. The summed E-state index contributed by atoms with van der Waals surface area (Å²) in [6.07, 6.45) is 1.35. The monoisotopic (exact) mass is 387 g/mol. The number of halogens is 1. The summed E-state index contributed by atoms with van der Waals surface area (Å²) < 4.78 is 5.94. The third-order valence-corrected chi connectivity index (χ3v) is 4.74. The molecule has 1 heterocycles. The molecule has 1 aliphatic rings. The van der Waals surface area contributed by atoms with E-state index >= 15 is 0 Å². The van der Waals surface area contributed by atoms with Crippen LogP contribution in [0.2, 0.25) is 5.02 Å². The zero-order chi connectivity index (χ0) is 19.8. The standard InChI is InChI=1S/C19H22ClN5O2/c1-10-15-13(24-25-18(21)22)8-19(2,3)9-14(15)27-16(10)17(26)23-12-7-5-4-6-11(12)20/h4-7H,8-9H2,1-3H3,(H,23,26)(H4,21,22,25)/b24-13-. The van der Waals surface area contributed by atoms with Crippen molar-refractivity contribution in [2.45, 2.75) is 33.6 Å². The molecule has 1 amide bonds. The van der Waals surface area contributed by atoms with Gasteiger partial charge in [0.1, 0.15) is 5.76 Å². The van der Waals surface area contributed by atoms with Crippen LogP contribution >= 0.6 is 11.6 Å². The lowest BCUT2D eigenvalue weighted by Crippen LogP contribution is -2.27. The molecule has 0 radical (unpaired) electrons. The van der Waals surface area contributed by atoms with Gasteiger partial charge in [-0.3, -0.25) is 4.79 Å². The molecule has 0 unspecified atom stereocenters. The normalized spacial score (nSPS) is 16.7. The Bertz CT molecular complexity index is 955. The van der Waals surface area contributed by atoms with E-state index in [-0.39, 0.29) is 23.0 Å². The quantitative estimate of drug-likeness (QED) is 0.424. The summed E-state index contributed by atoms with van der Waals surface area (Å²) in [5.74, 6) is 0.451. The van der Waals surface area contributed by atoms with Crippen molar-refractivity contribution in [3.63, 3.8) is 0 Å². The second-order valence-electron chi connectivity index (χ2n) is 7.38. The predicted molar refractivity (Wildman–Crippen MR) is 107 cm³/mol. The minimum absolute atomic E-state index is 0.0918. The highest BCUT2D eigenvalue weighted by atomic mass is 35.5. The Morgan fingerprint density at radius 3 is 2.63 bits per heavy atom. The van der Waals surface area contributed by atoms with Gasteiger partial charge in [0, 0.05) is 17.5 Å². The first-order chi connectivity index (χ1) is 12.7. The Hall–Kier alpha value is -2.80. The summed E-state index contributed by atoms with van der Waals surface area (Å²) in [5, 5.41) is 11.2. The largest absolute Gasteiger partial charge is 0.455 e. The summed E-state index contributed by atoms with van der Waals surface area (Å²) in [4.78, 5) is 12.8. The van der Waals surface area contributed by atoms with E-state index in [4.69, 9.17) is 27.5 Å². The maximum atomic E-state index is 12.8. The van der Waals surface area contributed by atoms with E-state index in [0.29, 0.717) is 40.6 Å². The zero-order valence-electron chi connectivity index (χ0n) is 15.5. The van der Waals surface area contributed by atoms with Crippen molar-refractivity contribution in [1.29, 1.82) is 0 Å². The van der Waals surface area contributed by atoms with Crippen molar-refractivity contribution in [3.05, 3.63) is 51.9 Å². The molecule has 3 rings (SSSR count). The lowest BCUT2D eigenvalue weighted by molar-refractivity contribution is 0.0993. The average Bonchev–Trinajstić information content (AvgIpc) is 2.90. The van der Waals surface area contributed by atoms with Gasteiger partial charge in [-0.05, 0) is 30.9 Å². The van der Waals surface area contributed by atoms with E-state index in [9.17, 15) is 4.79 Å².